The Morgan fingerprint density at radius 1 is 1.64 bits per heavy atom. The largest absolute Gasteiger partial charge is 0.152 e. The van der Waals surface area contributed by atoms with Gasteiger partial charge in [-0.2, -0.15) is 11.3 Å². The summed E-state index contributed by atoms with van der Waals surface area (Å²) in [6, 6.07) is 2.25. The second-order valence-electron chi connectivity index (χ2n) is 3.65. The molecule has 0 nitrogen and oxygen atoms in total. The fourth-order valence-electron chi connectivity index (χ4n) is 1.61. The third-order valence-electron chi connectivity index (χ3n) is 2.56. The van der Waals surface area contributed by atoms with Crippen LogP contribution in [0.4, 0.5) is 0 Å². The molecule has 1 fully saturated rings. The first-order valence-corrected chi connectivity index (χ1v) is 5.31. The minimum Gasteiger partial charge on any atom is -0.152 e. The van der Waals surface area contributed by atoms with Gasteiger partial charge in [-0.25, -0.2) is 0 Å². The smallest absolute Gasteiger partial charge is 0.00612 e. The van der Waals surface area contributed by atoms with Crippen LogP contribution >= 0.6 is 11.3 Å². The predicted octanol–water partition coefficient (Wildman–Crippen LogP) is 3.34. The van der Waals surface area contributed by atoms with Crippen molar-refractivity contribution < 1.29 is 0 Å². The van der Waals surface area contributed by atoms with Gasteiger partial charge in [0, 0.05) is 0 Å². The van der Waals surface area contributed by atoms with Gasteiger partial charge in [0.25, 0.3) is 0 Å². The highest BCUT2D eigenvalue weighted by atomic mass is 32.1. The summed E-state index contributed by atoms with van der Waals surface area (Å²) in [5.74, 6) is 1.97. The number of hydrogen-bond donors (Lipinski definition) is 0. The molecule has 1 saturated carbocycles. The van der Waals surface area contributed by atoms with E-state index < -0.39 is 0 Å². The molecule has 2 rings (SSSR count). The first kappa shape index (κ1) is 7.35. The summed E-state index contributed by atoms with van der Waals surface area (Å²) in [5.41, 5.74) is 1.54. The number of thiophene rings is 1. The predicted molar refractivity (Wildman–Crippen MR) is 49.9 cm³/mol. The van der Waals surface area contributed by atoms with Crippen LogP contribution in [-0.2, 0) is 6.42 Å². The van der Waals surface area contributed by atoms with E-state index in [2.05, 4.69) is 23.8 Å². The van der Waals surface area contributed by atoms with Crippen molar-refractivity contribution in [3.05, 3.63) is 22.4 Å². The molecule has 60 valence electrons. The number of rotatable bonds is 3. The molecule has 0 aliphatic heterocycles. The highest BCUT2D eigenvalue weighted by molar-refractivity contribution is 7.07. The van der Waals surface area contributed by atoms with E-state index in [-0.39, 0.29) is 0 Å². The molecule has 0 saturated heterocycles. The molecule has 1 unspecified atom stereocenters. The van der Waals surface area contributed by atoms with Crippen LogP contribution in [0.25, 0.3) is 0 Å². The first-order chi connectivity index (χ1) is 5.36. The average Bonchev–Trinajstić information content (AvgIpc) is 2.73. The van der Waals surface area contributed by atoms with Crippen molar-refractivity contribution >= 4 is 11.3 Å². The van der Waals surface area contributed by atoms with Gasteiger partial charge in [0.2, 0.25) is 0 Å². The summed E-state index contributed by atoms with van der Waals surface area (Å²) in [6.45, 7) is 2.38. The molecular weight excluding hydrogens is 152 g/mol. The van der Waals surface area contributed by atoms with Crippen LogP contribution in [-0.4, -0.2) is 0 Å². The van der Waals surface area contributed by atoms with Crippen LogP contribution in [0, 0.1) is 11.8 Å². The molecule has 0 amide bonds. The van der Waals surface area contributed by atoms with E-state index in [0.717, 1.165) is 11.8 Å². The standard InChI is InChI=1S/C10H14S/c1-8(10-2-3-10)6-9-4-5-11-7-9/h4-5,7-8,10H,2-3,6H2,1H3. The lowest BCUT2D eigenvalue weighted by Gasteiger charge is -2.06. The Bertz CT molecular complexity index is 209. The highest BCUT2D eigenvalue weighted by Gasteiger charge is 2.27. The second-order valence-corrected chi connectivity index (χ2v) is 4.43. The third-order valence-corrected chi connectivity index (χ3v) is 3.30. The van der Waals surface area contributed by atoms with Crippen molar-refractivity contribution in [3.8, 4) is 0 Å². The van der Waals surface area contributed by atoms with Crippen molar-refractivity contribution in [1.82, 2.24) is 0 Å². The van der Waals surface area contributed by atoms with Gasteiger partial charge in [-0.15, -0.1) is 0 Å². The molecule has 0 aromatic carbocycles. The molecule has 1 aliphatic carbocycles. The van der Waals surface area contributed by atoms with Gasteiger partial charge in [0.15, 0.2) is 0 Å². The van der Waals surface area contributed by atoms with Crippen LogP contribution in [0.1, 0.15) is 25.3 Å². The Balaban J connectivity index is 1.89. The Morgan fingerprint density at radius 3 is 3.00 bits per heavy atom. The molecule has 0 radical (unpaired) electrons. The van der Waals surface area contributed by atoms with Gasteiger partial charge in [-0.1, -0.05) is 6.92 Å². The Labute approximate surface area is 72.3 Å². The van der Waals surface area contributed by atoms with Crippen molar-refractivity contribution in [2.45, 2.75) is 26.2 Å². The second kappa shape index (κ2) is 2.98. The molecule has 0 N–H and O–H groups in total. The Morgan fingerprint density at radius 2 is 2.45 bits per heavy atom. The summed E-state index contributed by atoms with van der Waals surface area (Å²) >= 11 is 1.81. The SMILES string of the molecule is CC(Cc1ccsc1)C1CC1. The minimum atomic E-state index is 0.921. The molecule has 1 aromatic rings. The van der Waals surface area contributed by atoms with Crippen molar-refractivity contribution in [3.63, 3.8) is 0 Å². The Hall–Kier alpha value is -0.300. The van der Waals surface area contributed by atoms with E-state index >= 15 is 0 Å². The van der Waals surface area contributed by atoms with Crippen LogP contribution in [0.5, 0.6) is 0 Å². The van der Waals surface area contributed by atoms with Crippen molar-refractivity contribution in [2.24, 2.45) is 11.8 Å². The van der Waals surface area contributed by atoms with E-state index in [1.54, 1.807) is 0 Å². The normalized spacial score (nSPS) is 20.1. The molecular formula is C10H14S. The van der Waals surface area contributed by atoms with Gasteiger partial charge < -0.3 is 0 Å². The topological polar surface area (TPSA) is 0 Å². The minimum absolute atomic E-state index is 0.921. The maximum absolute atomic E-state index is 2.38. The third kappa shape index (κ3) is 1.84. The van der Waals surface area contributed by atoms with Crippen LogP contribution in [0.2, 0.25) is 0 Å². The molecule has 1 aliphatic rings. The van der Waals surface area contributed by atoms with E-state index in [0.29, 0.717) is 0 Å². The molecule has 1 heterocycles. The zero-order chi connectivity index (χ0) is 7.68. The molecule has 1 heteroatoms. The molecule has 0 spiro atoms. The maximum Gasteiger partial charge on any atom is -0.00612 e. The lowest BCUT2D eigenvalue weighted by molar-refractivity contribution is 0.507. The Kier molecular flexibility index (Phi) is 1.99. The molecule has 1 atom stereocenters. The summed E-state index contributed by atoms with van der Waals surface area (Å²) in [7, 11) is 0. The van der Waals surface area contributed by atoms with E-state index in [1.165, 1.54) is 24.8 Å². The first-order valence-electron chi connectivity index (χ1n) is 4.37. The number of hydrogen-bond acceptors (Lipinski definition) is 1. The van der Waals surface area contributed by atoms with Crippen LogP contribution < -0.4 is 0 Å². The van der Waals surface area contributed by atoms with E-state index in [4.69, 9.17) is 0 Å². The van der Waals surface area contributed by atoms with Crippen LogP contribution in [0.15, 0.2) is 16.8 Å². The van der Waals surface area contributed by atoms with Gasteiger partial charge in [0.05, 0.1) is 0 Å². The molecule has 0 bridgehead atoms. The van der Waals surface area contributed by atoms with Crippen molar-refractivity contribution in [1.29, 1.82) is 0 Å². The monoisotopic (exact) mass is 166 g/mol. The highest BCUT2D eigenvalue weighted by Crippen LogP contribution is 2.38. The summed E-state index contributed by atoms with van der Waals surface area (Å²) < 4.78 is 0. The fraction of sp³-hybridized carbons (Fsp3) is 0.600. The maximum atomic E-state index is 2.38. The quantitative estimate of drug-likeness (QED) is 0.646. The van der Waals surface area contributed by atoms with Crippen LogP contribution in [0.3, 0.4) is 0 Å². The van der Waals surface area contributed by atoms with Gasteiger partial charge in [-0.3, -0.25) is 0 Å². The fourth-order valence-corrected chi connectivity index (χ4v) is 2.29. The summed E-state index contributed by atoms with van der Waals surface area (Å²) in [6.07, 6.45) is 4.25. The van der Waals surface area contributed by atoms with E-state index in [1.807, 2.05) is 11.3 Å². The lowest BCUT2D eigenvalue weighted by Crippen LogP contribution is -2.00. The molecule has 11 heavy (non-hydrogen) atoms. The lowest BCUT2D eigenvalue weighted by atomic mass is 9.99. The summed E-state index contributed by atoms with van der Waals surface area (Å²) in [5, 5.41) is 4.45. The average molecular weight is 166 g/mol. The zero-order valence-corrected chi connectivity index (χ0v) is 7.73. The van der Waals surface area contributed by atoms with Crippen molar-refractivity contribution in [2.75, 3.05) is 0 Å². The van der Waals surface area contributed by atoms with Gasteiger partial charge >= 0.3 is 0 Å². The van der Waals surface area contributed by atoms with E-state index in [9.17, 15) is 0 Å². The zero-order valence-electron chi connectivity index (χ0n) is 6.92. The summed E-state index contributed by atoms with van der Waals surface area (Å²) in [4.78, 5) is 0. The van der Waals surface area contributed by atoms with Gasteiger partial charge in [0.1, 0.15) is 0 Å². The molecule has 1 aromatic heterocycles. The van der Waals surface area contributed by atoms with Gasteiger partial charge in [-0.05, 0) is 53.5 Å².